The van der Waals surface area contributed by atoms with Crippen LogP contribution in [0.3, 0.4) is 0 Å². The van der Waals surface area contributed by atoms with Crippen LogP contribution in [-0.2, 0) is 21.1 Å². The summed E-state index contributed by atoms with van der Waals surface area (Å²) in [5.74, 6) is 0.250. The van der Waals surface area contributed by atoms with Crippen molar-refractivity contribution in [3.8, 4) is 0 Å². The van der Waals surface area contributed by atoms with Gasteiger partial charge in [0.25, 0.3) is 0 Å². The summed E-state index contributed by atoms with van der Waals surface area (Å²) < 4.78 is 0. The van der Waals surface area contributed by atoms with Crippen LogP contribution in [0.2, 0.25) is 0 Å². The molecule has 0 aromatic rings. The largest absolute Gasteiger partial charge is 0.702 e. The van der Waals surface area contributed by atoms with Crippen molar-refractivity contribution in [2.45, 2.75) is 0 Å². The zero-order valence-corrected chi connectivity index (χ0v) is 6.89. The second kappa shape index (κ2) is 5.52. The van der Waals surface area contributed by atoms with Gasteiger partial charge in [-0.05, 0) is 0 Å². The van der Waals surface area contributed by atoms with Gasteiger partial charge in [0.05, 0.1) is 0 Å². The molecule has 0 unspecified atom stereocenters. The quantitative estimate of drug-likeness (QED) is 0.651. The van der Waals surface area contributed by atoms with E-state index in [0.29, 0.717) is 0 Å². The van der Waals surface area contributed by atoms with Crippen molar-refractivity contribution in [1.82, 2.24) is 0 Å². The van der Waals surface area contributed by atoms with Crippen LogP contribution >= 0.6 is 11.6 Å². The standard InChI is InChI=1S/C3H5ClN.W/c1-3(5)2-4;/h5H,1-2H2;/q-1;. The molecule has 0 heterocycles. The molecule has 0 aromatic carbocycles. The van der Waals surface area contributed by atoms with Crippen molar-refractivity contribution in [2.75, 3.05) is 5.88 Å². The van der Waals surface area contributed by atoms with Crippen molar-refractivity contribution in [1.29, 1.82) is 0 Å². The van der Waals surface area contributed by atoms with Gasteiger partial charge in [-0.15, -0.1) is 18.2 Å². The molecule has 36 valence electrons. The maximum absolute atomic E-state index is 6.50. The summed E-state index contributed by atoms with van der Waals surface area (Å²) in [5.41, 5.74) is 6.77. The molecule has 0 amide bonds. The Kier molecular flexibility index (Phi) is 8.94. The molecule has 6 heavy (non-hydrogen) atoms. The van der Waals surface area contributed by atoms with Gasteiger partial charge in [0.1, 0.15) is 0 Å². The Hall–Kier alpha value is 0.518. The summed E-state index contributed by atoms with van der Waals surface area (Å²) in [7, 11) is 0. The van der Waals surface area contributed by atoms with E-state index in [9.17, 15) is 0 Å². The molecule has 3 heteroatoms. The van der Waals surface area contributed by atoms with Crippen LogP contribution in [0.5, 0.6) is 0 Å². The molecular weight excluding hydrogens is 269 g/mol. The fraction of sp³-hybridized carbons (Fsp3) is 0.333. The molecule has 0 aliphatic heterocycles. The zero-order valence-electron chi connectivity index (χ0n) is 3.20. The smallest absolute Gasteiger partial charge is 0.0262 e. The molecule has 0 aromatic heterocycles. The van der Waals surface area contributed by atoms with Gasteiger partial charge in [-0.25, -0.2) is 0 Å². The molecule has 0 bridgehead atoms. The van der Waals surface area contributed by atoms with Gasteiger partial charge in [0.15, 0.2) is 0 Å². The maximum Gasteiger partial charge on any atom is 0.0262 e. The van der Waals surface area contributed by atoms with Crippen LogP contribution < -0.4 is 0 Å². The van der Waals surface area contributed by atoms with Gasteiger partial charge >= 0.3 is 0 Å². The van der Waals surface area contributed by atoms with Gasteiger partial charge < -0.3 is 5.73 Å². The number of alkyl halides is 1. The van der Waals surface area contributed by atoms with Crippen LogP contribution in [0.1, 0.15) is 0 Å². The Morgan fingerprint density at radius 3 is 2.00 bits per heavy atom. The van der Waals surface area contributed by atoms with E-state index in [1.165, 1.54) is 0 Å². The predicted octanol–water partition coefficient (Wildman–Crippen LogP) is 1.79. The van der Waals surface area contributed by atoms with Gasteiger partial charge in [0.2, 0.25) is 0 Å². The molecule has 1 N–H and O–H groups in total. The minimum Gasteiger partial charge on any atom is -0.702 e. The number of halogens is 1. The molecule has 0 fully saturated rings. The Morgan fingerprint density at radius 1 is 1.83 bits per heavy atom. The normalized spacial score (nSPS) is 6.17. The van der Waals surface area contributed by atoms with Gasteiger partial charge in [-0.2, -0.15) is 5.70 Å². The van der Waals surface area contributed by atoms with Crippen molar-refractivity contribution in [2.24, 2.45) is 0 Å². The maximum atomic E-state index is 6.50. The number of rotatable bonds is 1. The molecule has 0 aliphatic rings. The number of nitrogens with one attached hydrogen (secondary N) is 1. The van der Waals surface area contributed by atoms with E-state index >= 15 is 0 Å². The molecular formula is C3H5ClNW-. The van der Waals surface area contributed by atoms with Gasteiger partial charge in [-0.3, -0.25) is 0 Å². The van der Waals surface area contributed by atoms with E-state index in [2.05, 4.69) is 6.58 Å². The third-order valence-electron chi connectivity index (χ3n) is 0.161. The molecule has 0 radical (unpaired) electrons. The SMILES string of the molecule is C=C([NH-])CCl.[W]. The number of hydrogen-bond acceptors (Lipinski definition) is 0. The first-order valence-corrected chi connectivity index (χ1v) is 1.76. The zero-order chi connectivity index (χ0) is 4.28. The fourth-order valence-corrected chi connectivity index (χ4v) is 0. The average Bonchev–Trinajstić information content (AvgIpc) is 1.38. The first-order chi connectivity index (χ1) is 2.27. The van der Waals surface area contributed by atoms with E-state index in [0.717, 1.165) is 0 Å². The fourth-order valence-electron chi connectivity index (χ4n) is 0. The average molecular weight is 274 g/mol. The van der Waals surface area contributed by atoms with Crippen molar-refractivity contribution in [3.05, 3.63) is 18.0 Å². The number of allylic oxidation sites excluding steroid dienone is 1. The van der Waals surface area contributed by atoms with Crippen molar-refractivity contribution in [3.63, 3.8) is 0 Å². The van der Waals surface area contributed by atoms with E-state index in [1.807, 2.05) is 0 Å². The summed E-state index contributed by atoms with van der Waals surface area (Å²) in [6.45, 7) is 3.21. The summed E-state index contributed by atoms with van der Waals surface area (Å²) in [6, 6.07) is 0. The summed E-state index contributed by atoms with van der Waals surface area (Å²) in [6.07, 6.45) is 0. The Labute approximate surface area is 56.8 Å². The second-order valence-corrected chi connectivity index (χ2v) is 1.00. The van der Waals surface area contributed by atoms with Crippen molar-refractivity contribution < 1.29 is 21.1 Å². The van der Waals surface area contributed by atoms with Crippen molar-refractivity contribution >= 4 is 11.6 Å². The monoisotopic (exact) mass is 274 g/mol. The third kappa shape index (κ3) is 8.82. The van der Waals surface area contributed by atoms with Crippen LogP contribution in [0.25, 0.3) is 5.73 Å². The number of hydrogen-bond donors (Lipinski definition) is 0. The Morgan fingerprint density at radius 2 is 2.00 bits per heavy atom. The van der Waals surface area contributed by atoms with Gasteiger partial charge in [-0.1, -0.05) is 0 Å². The molecule has 0 aliphatic carbocycles. The Bertz CT molecular complexity index is 46.1. The molecule has 0 saturated carbocycles. The first kappa shape index (κ1) is 9.72. The molecule has 0 atom stereocenters. The molecule has 1 nitrogen and oxygen atoms in total. The van der Waals surface area contributed by atoms with E-state index in [4.69, 9.17) is 17.3 Å². The van der Waals surface area contributed by atoms with Crippen LogP contribution in [-0.4, -0.2) is 5.88 Å². The van der Waals surface area contributed by atoms with Crippen LogP contribution in [0.15, 0.2) is 12.3 Å². The van der Waals surface area contributed by atoms with E-state index in [1.54, 1.807) is 0 Å². The Balaban J connectivity index is 0. The second-order valence-electron chi connectivity index (χ2n) is 0.737. The molecule has 0 spiro atoms. The first-order valence-electron chi connectivity index (χ1n) is 1.22. The summed E-state index contributed by atoms with van der Waals surface area (Å²) in [4.78, 5) is 0. The molecule has 0 saturated heterocycles. The minimum absolute atomic E-state index is 0. The molecule has 0 rings (SSSR count). The summed E-state index contributed by atoms with van der Waals surface area (Å²) >= 11 is 5.05. The summed E-state index contributed by atoms with van der Waals surface area (Å²) in [5, 5.41) is 0. The van der Waals surface area contributed by atoms with Crippen LogP contribution in [0.4, 0.5) is 0 Å². The van der Waals surface area contributed by atoms with E-state index in [-0.39, 0.29) is 32.6 Å². The van der Waals surface area contributed by atoms with Crippen LogP contribution in [0, 0.1) is 0 Å². The predicted molar refractivity (Wildman–Crippen MR) is 24.2 cm³/mol. The minimum atomic E-state index is 0. The topological polar surface area (TPSA) is 23.8 Å². The third-order valence-corrected chi connectivity index (χ3v) is 0.484. The van der Waals surface area contributed by atoms with Gasteiger partial charge in [0, 0.05) is 26.9 Å². The van der Waals surface area contributed by atoms with E-state index < -0.39 is 0 Å².